The number of aryl methyl sites for hydroxylation is 1. The Labute approximate surface area is 118 Å². The first-order chi connectivity index (χ1) is 9.19. The highest BCUT2D eigenvalue weighted by molar-refractivity contribution is 7.99. The molecule has 5 heteroatoms. The van der Waals surface area contributed by atoms with E-state index in [4.69, 9.17) is 9.84 Å². The first-order valence-corrected chi connectivity index (χ1v) is 7.46. The average molecular weight is 283 g/mol. The molecule has 1 aromatic rings. The lowest BCUT2D eigenvalue weighted by Gasteiger charge is -2.08. The number of rotatable bonds is 8. The molecule has 0 bridgehead atoms. The van der Waals surface area contributed by atoms with Crippen molar-refractivity contribution >= 4 is 17.7 Å². The summed E-state index contributed by atoms with van der Waals surface area (Å²) in [5.74, 6) is 2.42. The minimum atomic E-state index is -0.0824. The molecule has 0 heterocycles. The van der Waals surface area contributed by atoms with Crippen LogP contribution in [0.3, 0.4) is 0 Å². The molecule has 1 aromatic carbocycles. The second-order valence-electron chi connectivity index (χ2n) is 4.13. The van der Waals surface area contributed by atoms with Crippen molar-refractivity contribution in [1.29, 1.82) is 0 Å². The number of aliphatic hydroxyl groups is 1. The van der Waals surface area contributed by atoms with E-state index in [1.54, 1.807) is 31.0 Å². The van der Waals surface area contributed by atoms with Gasteiger partial charge in [-0.2, -0.15) is 11.8 Å². The Bertz CT molecular complexity index is 410. The number of carbonyl (C=O) groups excluding carboxylic acids is 1. The lowest BCUT2D eigenvalue weighted by molar-refractivity contribution is 0.0956. The molecule has 0 aliphatic rings. The van der Waals surface area contributed by atoms with E-state index in [2.05, 4.69) is 5.32 Å². The highest BCUT2D eigenvalue weighted by atomic mass is 32.2. The summed E-state index contributed by atoms with van der Waals surface area (Å²) in [7, 11) is 1.60. The van der Waals surface area contributed by atoms with Gasteiger partial charge in [0, 0.05) is 24.5 Å². The smallest absolute Gasteiger partial charge is 0.251 e. The van der Waals surface area contributed by atoms with E-state index in [0.29, 0.717) is 12.1 Å². The van der Waals surface area contributed by atoms with Crippen molar-refractivity contribution in [3.63, 3.8) is 0 Å². The molecule has 0 aliphatic heterocycles. The van der Waals surface area contributed by atoms with Crippen LogP contribution in [0.1, 0.15) is 22.3 Å². The van der Waals surface area contributed by atoms with Gasteiger partial charge in [-0.25, -0.2) is 0 Å². The fraction of sp³-hybridized carbons (Fsp3) is 0.500. The number of nitrogens with one attached hydrogen (secondary N) is 1. The molecule has 0 saturated heterocycles. The van der Waals surface area contributed by atoms with E-state index in [-0.39, 0.29) is 12.5 Å². The summed E-state index contributed by atoms with van der Waals surface area (Å²) in [5.41, 5.74) is 1.63. The van der Waals surface area contributed by atoms with Crippen molar-refractivity contribution in [2.24, 2.45) is 0 Å². The maximum atomic E-state index is 11.9. The Balaban J connectivity index is 2.37. The molecule has 106 valence electrons. The molecular weight excluding hydrogens is 262 g/mol. The van der Waals surface area contributed by atoms with Crippen LogP contribution < -0.4 is 10.1 Å². The van der Waals surface area contributed by atoms with E-state index in [9.17, 15) is 4.79 Å². The predicted octanol–water partition coefficient (Wildman–Crippen LogP) is 1.85. The van der Waals surface area contributed by atoms with Gasteiger partial charge in [0.2, 0.25) is 0 Å². The number of amides is 1. The average Bonchev–Trinajstić information content (AvgIpc) is 2.43. The van der Waals surface area contributed by atoms with Crippen LogP contribution in [0.5, 0.6) is 5.75 Å². The number of ether oxygens (including phenoxy) is 1. The fourth-order valence-corrected chi connectivity index (χ4v) is 2.35. The van der Waals surface area contributed by atoms with Crippen molar-refractivity contribution in [2.75, 3.05) is 31.8 Å². The van der Waals surface area contributed by atoms with E-state index < -0.39 is 0 Å². The summed E-state index contributed by atoms with van der Waals surface area (Å²) >= 11 is 1.73. The van der Waals surface area contributed by atoms with Gasteiger partial charge in [-0.15, -0.1) is 0 Å². The SMILES string of the molecule is COc1cc(C(=O)NCCSCCCO)ccc1C. The Hall–Kier alpha value is -1.20. The zero-order chi connectivity index (χ0) is 14.1. The third kappa shape index (κ3) is 5.53. The second-order valence-corrected chi connectivity index (χ2v) is 5.35. The van der Waals surface area contributed by atoms with E-state index in [1.165, 1.54) is 0 Å². The lowest BCUT2D eigenvalue weighted by atomic mass is 10.1. The van der Waals surface area contributed by atoms with Gasteiger partial charge in [-0.1, -0.05) is 6.07 Å². The number of methoxy groups -OCH3 is 1. The molecule has 19 heavy (non-hydrogen) atoms. The van der Waals surface area contributed by atoms with Gasteiger partial charge in [-0.3, -0.25) is 4.79 Å². The molecule has 0 atom stereocenters. The number of hydrogen-bond acceptors (Lipinski definition) is 4. The maximum Gasteiger partial charge on any atom is 0.251 e. The Kier molecular flexibility index (Phi) is 7.36. The van der Waals surface area contributed by atoms with Gasteiger partial charge in [0.1, 0.15) is 5.75 Å². The Morgan fingerprint density at radius 3 is 2.89 bits per heavy atom. The van der Waals surface area contributed by atoms with Crippen molar-refractivity contribution in [3.8, 4) is 5.75 Å². The standard InChI is InChI=1S/C14H21NO3S/c1-11-4-5-12(10-13(11)18-2)14(17)15-6-9-19-8-3-7-16/h4-5,10,16H,3,6-9H2,1-2H3,(H,15,17). The van der Waals surface area contributed by atoms with Gasteiger partial charge in [0.15, 0.2) is 0 Å². The number of carbonyl (C=O) groups is 1. The van der Waals surface area contributed by atoms with Gasteiger partial charge in [-0.05, 0) is 36.8 Å². The van der Waals surface area contributed by atoms with Crippen molar-refractivity contribution in [1.82, 2.24) is 5.32 Å². The summed E-state index contributed by atoms with van der Waals surface area (Å²) in [6.07, 6.45) is 0.799. The lowest BCUT2D eigenvalue weighted by Crippen LogP contribution is -2.25. The summed E-state index contributed by atoms with van der Waals surface area (Å²) in [5, 5.41) is 11.5. The van der Waals surface area contributed by atoms with Crippen LogP contribution >= 0.6 is 11.8 Å². The quantitative estimate of drug-likeness (QED) is 0.715. The number of hydrogen-bond donors (Lipinski definition) is 2. The molecule has 1 amide bonds. The maximum absolute atomic E-state index is 11.9. The van der Waals surface area contributed by atoms with Gasteiger partial charge >= 0.3 is 0 Å². The van der Waals surface area contributed by atoms with E-state index in [1.807, 2.05) is 13.0 Å². The molecule has 0 radical (unpaired) electrons. The summed E-state index contributed by atoms with van der Waals surface area (Å²) in [4.78, 5) is 11.9. The predicted molar refractivity (Wildman–Crippen MR) is 79.1 cm³/mol. The van der Waals surface area contributed by atoms with Crippen molar-refractivity contribution in [3.05, 3.63) is 29.3 Å². The largest absolute Gasteiger partial charge is 0.496 e. The number of thioether (sulfide) groups is 1. The van der Waals surface area contributed by atoms with Crippen LogP contribution in [0.15, 0.2) is 18.2 Å². The highest BCUT2D eigenvalue weighted by Crippen LogP contribution is 2.18. The summed E-state index contributed by atoms with van der Waals surface area (Å²) in [6, 6.07) is 5.43. The minimum Gasteiger partial charge on any atom is -0.496 e. The van der Waals surface area contributed by atoms with Crippen LogP contribution in [0.25, 0.3) is 0 Å². The number of aliphatic hydroxyl groups excluding tert-OH is 1. The van der Waals surface area contributed by atoms with Crippen LogP contribution in [-0.2, 0) is 0 Å². The van der Waals surface area contributed by atoms with Crippen molar-refractivity contribution < 1.29 is 14.6 Å². The van der Waals surface area contributed by atoms with E-state index >= 15 is 0 Å². The van der Waals surface area contributed by atoms with Gasteiger partial charge in [0.25, 0.3) is 5.91 Å². The molecular formula is C14H21NO3S. The first kappa shape index (κ1) is 15.9. The molecule has 0 unspecified atom stereocenters. The normalized spacial score (nSPS) is 10.3. The molecule has 0 spiro atoms. The topological polar surface area (TPSA) is 58.6 Å². The molecule has 0 aromatic heterocycles. The van der Waals surface area contributed by atoms with Crippen LogP contribution in [0.4, 0.5) is 0 Å². The summed E-state index contributed by atoms with van der Waals surface area (Å²) < 4.78 is 5.20. The Morgan fingerprint density at radius 1 is 1.42 bits per heavy atom. The number of benzene rings is 1. The first-order valence-electron chi connectivity index (χ1n) is 6.30. The molecule has 0 aliphatic carbocycles. The van der Waals surface area contributed by atoms with Gasteiger partial charge < -0.3 is 15.2 Å². The monoisotopic (exact) mass is 283 g/mol. The second kappa shape index (κ2) is 8.82. The van der Waals surface area contributed by atoms with E-state index in [0.717, 1.165) is 29.2 Å². The fourth-order valence-electron chi connectivity index (χ4n) is 1.57. The van der Waals surface area contributed by atoms with Crippen LogP contribution in [0, 0.1) is 6.92 Å². The molecule has 0 fully saturated rings. The zero-order valence-electron chi connectivity index (χ0n) is 11.4. The van der Waals surface area contributed by atoms with Crippen LogP contribution in [-0.4, -0.2) is 42.8 Å². The molecule has 4 nitrogen and oxygen atoms in total. The zero-order valence-corrected chi connectivity index (χ0v) is 12.3. The minimum absolute atomic E-state index is 0.0824. The highest BCUT2D eigenvalue weighted by Gasteiger charge is 2.07. The van der Waals surface area contributed by atoms with Gasteiger partial charge in [0.05, 0.1) is 7.11 Å². The molecule has 1 rings (SSSR count). The Morgan fingerprint density at radius 2 is 2.21 bits per heavy atom. The molecule has 0 saturated carbocycles. The molecule has 2 N–H and O–H groups in total. The third-order valence-corrected chi connectivity index (χ3v) is 3.72. The third-order valence-electron chi connectivity index (χ3n) is 2.65. The summed E-state index contributed by atoms with van der Waals surface area (Å²) in [6.45, 7) is 2.80. The van der Waals surface area contributed by atoms with Crippen molar-refractivity contribution in [2.45, 2.75) is 13.3 Å². The van der Waals surface area contributed by atoms with Crippen LogP contribution in [0.2, 0.25) is 0 Å².